The molecule has 2 saturated heterocycles. The molecule has 2 aliphatic heterocycles. The highest BCUT2D eigenvalue weighted by molar-refractivity contribution is 5.08. The van der Waals surface area contributed by atoms with E-state index in [9.17, 15) is 0 Å². The first-order chi connectivity index (χ1) is 8.36. The van der Waals surface area contributed by atoms with Gasteiger partial charge in [0.15, 0.2) is 5.79 Å². The van der Waals surface area contributed by atoms with Crippen LogP contribution in [0.5, 0.6) is 0 Å². The third-order valence-corrected chi connectivity index (χ3v) is 3.56. The number of likely N-dealkylation sites (tertiary alicyclic amines) is 1. The van der Waals surface area contributed by atoms with Crippen LogP contribution in [0.1, 0.15) is 18.4 Å². The summed E-state index contributed by atoms with van der Waals surface area (Å²) in [5, 5.41) is 0. The number of nitrogens with zero attached hydrogens (tertiary/aromatic N) is 2. The number of pyridine rings is 1. The first-order valence-electron chi connectivity index (χ1n) is 6.26. The Balaban J connectivity index is 1.55. The highest BCUT2D eigenvalue weighted by atomic mass is 16.7. The summed E-state index contributed by atoms with van der Waals surface area (Å²) in [6.45, 7) is 4.55. The minimum atomic E-state index is -0.258. The number of piperidine rings is 1. The molecule has 0 radical (unpaired) electrons. The van der Waals surface area contributed by atoms with Crippen LogP contribution >= 0.6 is 0 Å². The van der Waals surface area contributed by atoms with E-state index in [1.807, 2.05) is 18.5 Å². The van der Waals surface area contributed by atoms with Gasteiger partial charge in [-0.05, 0) is 11.6 Å². The minimum absolute atomic E-state index is 0.258. The Kier molecular flexibility index (Phi) is 3.09. The molecule has 4 heteroatoms. The number of hydrogen-bond acceptors (Lipinski definition) is 4. The van der Waals surface area contributed by atoms with Gasteiger partial charge in [0.2, 0.25) is 0 Å². The third kappa shape index (κ3) is 2.49. The number of ether oxygens (including phenoxy) is 2. The topological polar surface area (TPSA) is 34.6 Å². The zero-order valence-corrected chi connectivity index (χ0v) is 9.97. The van der Waals surface area contributed by atoms with Gasteiger partial charge in [-0.2, -0.15) is 0 Å². The maximum Gasteiger partial charge on any atom is 0.170 e. The maximum absolute atomic E-state index is 5.72. The normalized spacial score (nSPS) is 24.2. The predicted molar refractivity (Wildman–Crippen MR) is 63.4 cm³/mol. The Labute approximate surface area is 102 Å². The molecule has 1 aromatic heterocycles. The van der Waals surface area contributed by atoms with Crippen molar-refractivity contribution in [1.82, 2.24) is 9.88 Å². The van der Waals surface area contributed by atoms with Crippen molar-refractivity contribution in [2.75, 3.05) is 26.3 Å². The van der Waals surface area contributed by atoms with E-state index in [1.165, 1.54) is 5.56 Å². The standard InChI is InChI=1S/C13H18N2O2/c1-2-12(10-14-5-1)11-15-6-3-13(4-7-15)16-8-9-17-13/h1-2,5,10H,3-4,6-9,11H2. The molecule has 4 nitrogen and oxygen atoms in total. The second-order valence-corrected chi connectivity index (χ2v) is 4.75. The Bertz CT molecular complexity index is 353. The van der Waals surface area contributed by atoms with Crippen molar-refractivity contribution in [3.05, 3.63) is 30.1 Å². The highest BCUT2D eigenvalue weighted by Crippen LogP contribution is 2.31. The van der Waals surface area contributed by atoms with Crippen LogP contribution in [0.4, 0.5) is 0 Å². The van der Waals surface area contributed by atoms with Gasteiger partial charge in [0, 0.05) is 44.9 Å². The molecular weight excluding hydrogens is 216 g/mol. The number of aromatic nitrogens is 1. The zero-order valence-electron chi connectivity index (χ0n) is 9.97. The van der Waals surface area contributed by atoms with Gasteiger partial charge in [-0.25, -0.2) is 0 Å². The quantitative estimate of drug-likeness (QED) is 0.775. The molecule has 2 fully saturated rings. The second-order valence-electron chi connectivity index (χ2n) is 4.75. The third-order valence-electron chi connectivity index (χ3n) is 3.56. The molecule has 0 N–H and O–H groups in total. The van der Waals surface area contributed by atoms with Crippen LogP contribution in [0.2, 0.25) is 0 Å². The smallest absolute Gasteiger partial charge is 0.170 e. The van der Waals surface area contributed by atoms with E-state index in [4.69, 9.17) is 9.47 Å². The Morgan fingerprint density at radius 2 is 2.00 bits per heavy atom. The Hall–Kier alpha value is -0.970. The van der Waals surface area contributed by atoms with Gasteiger partial charge in [-0.1, -0.05) is 6.07 Å². The van der Waals surface area contributed by atoms with Crippen molar-refractivity contribution in [3.63, 3.8) is 0 Å². The van der Waals surface area contributed by atoms with E-state index < -0.39 is 0 Å². The van der Waals surface area contributed by atoms with Crippen molar-refractivity contribution in [1.29, 1.82) is 0 Å². The predicted octanol–water partition coefficient (Wildman–Crippen LogP) is 1.42. The zero-order chi connectivity index (χ0) is 11.6. The second kappa shape index (κ2) is 4.72. The average Bonchev–Trinajstić information content (AvgIpc) is 2.83. The lowest BCUT2D eigenvalue weighted by Gasteiger charge is -2.37. The van der Waals surface area contributed by atoms with Crippen LogP contribution in [0.15, 0.2) is 24.5 Å². The van der Waals surface area contributed by atoms with Crippen LogP contribution in [-0.2, 0) is 16.0 Å². The molecule has 1 spiro atoms. The molecular formula is C13H18N2O2. The molecule has 3 rings (SSSR count). The lowest BCUT2D eigenvalue weighted by atomic mass is 10.0. The minimum Gasteiger partial charge on any atom is -0.347 e. The summed E-state index contributed by atoms with van der Waals surface area (Å²) in [6, 6.07) is 4.11. The molecule has 0 bridgehead atoms. The number of hydrogen-bond donors (Lipinski definition) is 0. The molecule has 0 saturated carbocycles. The first kappa shape index (κ1) is 11.1. The molecule has 0 aliphatic carbocycles. The molecule has 0 unspecified atom stereocenters. The van der Waals surface area contributed by atoms with Crippen LogP contribution in [0.3, 0.4) is 0 Å². The Morgan fingerprint density at radius 1 is 1.24 bits per heavy atom. The highest BCUT2D eigenvalue weighted by Gasteiger charge is 2.39. The van der Waals surface area contributed by atoms with Crippen LogP contribution < -0.4 is 0 Å². The summed E-state index contributed by atoms with van der Waals surface area (Å²) in [7, 11) is 0. The van der Waals surface area contributed by atoms with Gasteiger partial charge in [0.05, 0.1) is 13.2 Å². The first-order valence-corrected chi connectivity index (χ1v) is 6.26. The summed E-state index contributed by atoms with van der Waals surface area (Å²) in [6.07, 6.45) is 5.71. The molecule has 2 aliphatic rings. The molecule has 0 amide bonds. The van der Waals surface area contributed by atoms with Crippen molar-refractivity contribution in [2.24, 2.45) is 0 Å². The molecule has 0 aromatic carbocycles. The Morgan fingerprint density at radius 3 is 2.65 bits per heavy atom. The monoisotopic (exact) mass is 234 g/mol. The van der Waals surface area contributed by atoms with Gasteiger partial charge in [-0.3, -0.25) is 9.88 Å². The van der Waals surface area contributed by atoms with E-state index in [-0.39, 0.29) is 5.79 Å². The largest absolute Gasteiger partial charge is 0.347 e. The summed E-state index contributed by atoms with van der Waals surface area (Å²) in [5.74, 6) is -0.258. The molecule has 1 aromatic rings. The van der Waals surface area contributed by atoms with E-state index >= 15 is 0 Å². The molecule has 92 valence electrons. The van der Waals surface area contributed by atoms with Gasteiger partial charge < -0.3 is 9.47 Å². The summed E-state index contributed by atoms with van der Waals surface area (Å²) < 4.78 is 11.4. The fourth-order valence-corrected chi connectivity index (χ4v) is 2.59. The van der Waals surface area contributed by atoms with Crippen LogP contribution in [-0.4, -0.2) is 42.0 Å². The molecule has 0 atom stereocenters. The summed E-state index contributed by atoms with van der Waals surface area (Å²) in [5.41, 5.74) is 1.27. The summed E-state index contributed by atoms with van der Waals surface area (Å²) >= 11 is 0. The van der Waals surface area contributed by atoms with Crippen molar-refractivity contribution in [3.8, 4) is 0 Å². The van der Waals surface area contributed by atoms with Gasteiger partial charge in [0.25, 0.3) is 0 Å². The van der Waals surface area contributed by atoms with E-state index in [1.54, 1.807) is 0 Å². The van der Waals surface area contributed by atoms with Crippen LogP contribution in [0, 0.1) is 0 Å². The fourth-order valence-electron chi connectivity index (χ4n) is 2.59. The van der Waals surface area contributed by atoms with Crippen LogP contribution in [0.25, 0.3) is 0 Å². The van der Waals surface area contributed by atoms with Gasteiger partial charge in [0.1, 0.15) is 0 Å². The summed E-state index contributed by atoms with van der Waals surface area (Å²) in [4.78, 5) is 6.58. The molecule has 17 heavy (non-hydrogen) atoms. The van der Waals surface area contributed by atoms with E-state index in [0.29, 0.717) is 0 Å². The lowest BCUT2D eigenvalue weighted by Crippen LogP contribution is -2.44. The maximum atomic E-state index is 5.72. The SMILES string of the molecule is c1cncc(CN2CCC3(CC2)OCCO3)c1. The van der Waals surface area contributed by atoms with E-state index in [0.717, 1.165) is 45.7 Å². The fraction of sp³-hybridized carbons (Fsp3) is 0.615. The van der Waals surface area contributed by atoms with Crippen molar-refractivity contribution < 1.29 is 9.47 Å². The van der Waals surface area contributed by atoms with Crippen molar-refractivity contribution >= 4 is 0 Å². The van der Waals surface area contributed by atoms with Gasteiger partial charge in [-0.15, -0.1) is 0 Å². The van der Waals surface area contributed by atoms with E-state index in [2.05, 4.69) is 16.0 Å². The number of rotatable bonds is 2. The average molecular weight is 234 g/mol. The lowest BCUT2D eigenvalue weighted by molar-refractivity contribution is -0.185. The molecule has 3 heterocycles. The van der Waals surface area contributed by atoms with Crippen molar-refractivity contribution in [2.45, 2.75) is 25.2 Å². The van der Waals surface area contributed by atoms with Gasteiger partial charge >= 0.3 is 0 Å².